The van der Waals surface area contributed by atoms with Crippen LogP contribution in [-0.2, 0) is 6.42 Å². The number of hydrogen-bond donors (Lipinski definition) is 0. The zero-order valence-corrected chi connectivity index (χ0v) is 18.6. The molecule has 5 rings (SSSR count). The van der Waals surface area contributed by atoms with Gasteiger partial charge in [-0.25, -0.2) is 0 Å². The van der Waals surface area contributed by atoms with Crippen molar-refractivity contribution in [2.75, 3.05) is 0 Å². The van der Waals surface area contributed by atoms with Gasteiger partial charge in [0.1, 0.15) is 11.2 Å². The van der Waals surface area contributed by atoms with Gasteiger partial charge in [-0.15, -0.1) is 0 Å². The number of nitrogens with zero attached hydrogens (tertiary/aromatic N) is 1. The largest absolute Gasteiger partial charge is 0.455 e. The van der Waals surface area contributed by atoms with E-state index >= 15 is 0 Å². The van der Waals surface area contributed by atoms with Gasteiger partial charge in [-0.1, -0.05) is 63.2 Å². The van der Waals surface area contributed by atoms with Crippen molar-refractivity contribution in [2.45, 2.75) is 34.1 Å². The summed E-state index contributed by atoms with van der Waals surface area (Å²) in [4.78, 5) is 4.69. The van der Waals surface area contributed by atoms with Gasteiger partial charge in [0.15, 0.2) is 0 Å². The van der Waals surface area contributed by atoms with Crippen LogP contribution in [0.4, 0.5) is 0 Å². The molecule has 0 fully saturated rings. The van der Waals surface area contributed by atoms with Crippen LogP contribution in [0.1, 0.15) is 31.9 Å². The number of aryl methyl sites for hydroxylation is 1. The normalized spacial score (nSPS) is 12.0. The zero-order chi connectivity index (χ0) is 21.6. The number of rotatable bonds is 3. The first-order valence-electron chi connectivity index (χ1n) is 10.9. The highest BCUT2D eigenvalue weighted by molar-refractivity contribution is 6.11. The van der Waals surface area contributed by atoms with Gasteiger partial charge in [0.05, 0.1) is 5.69 Å². The molecule has 2 heterocycles. The van der Waals surface area contributed by atoms with Crippen LogP contribution < -0.4 is 0 Å². The number of furan rings is 1. The summed E-state index contributed by atoms with van der Waals surface area (Å²) < 4.78 is 6.48. The quantitative estimate of drug-likeness (QED) is 0.302. The summed E-state index contributed by atoms with van der Waals surface area (Å²) in [6.45, 7) is 8.94. The third-order valence-corrected chi connectivity index (χ3v) is 5.77. The minimum Gasteiger partial charge on any atom is -0.455 e. The Morgan fingerprint density at radius 1 is 0.839 bits per heavy atom. The van der Waals surface area contributed by atoms with E-state index in [1.807, 2.05) is 12.3 Å². The van der Waals surface area contributed by atoms with Gasteiger partial charge >= 0.3 is 0 Å². The van der Waals surface area contributed by atoms with Crippen LogP contribution in [0, 0.1) is 12.3 Å². The first-order chi connectivity index (χ1) is 14.9. The third kappa shape index (κ3) is 3.74. The average molecular weight is 406 g/mol. The van der Waals surface area contributed by atoms with Crippen LogP contribution >= 0.6 is 0 Å². The van der Waals surface area contributed by atoms with E-state index in [1.54, 1.807) is 0 Å². The van der Waals surface area contributed by atoms with Gasteiger partial charge in [0.2, 0.25) is 0 Å². The van der Waals surface area contributed by atoms with Crippen molar-refractivity contribution in [1.29, 1.82) is 0 Å². The lowest BCUT2D eigenvalue weighted by molar-refractivity contribution is 0.411. The molecule has 0 radical (unpaired) electrons. The topological polar surface area (TPSA) is 26.0 Å². The fourth-order valence-corrected chi connectivity index (χ4v) is 4.40. The first-order valence-corrected chi connectivity index (χ1v) is 10.9. The van der Waals surface area contributed by atoms with E-state index in [4.69, 9.17) is 9.40 Å². The molecule has 0 saturated carbocycles. The highest BCUT2D eigenvalue weighted by atomic mass is 16.3. The van der Waals surface area contributed by atoms with Crippen molar-refractivity contribution in [2.24, 2.45) is 5.41 Å². The van der Waals surface area contributed by atoms with E-state index in [1.165, 1.54) is 22.1 Å². The number of fused-ring (bicyclic) bond motifs is 3. The highest BCUT2D eigenvalue weighted by Crippen LogP contribution is 2.39. The number of pyridine rings is 1. The second-order valence-corrected chi connectivity index (χ2v) is 9.60. The van der Waals surface area contributed by atoms with Crippen LogP contribution in [0.2, 0.25) is 0 Å². The first kappa shape index (κ1) is 19.6. The molecule has 2 nitrogen and oxygen atoms in total. The van der Waals surface area contributed by atoms with Crippen molar-refractivity contribution >= 4 is 21.9 Å². The Kier molecular flexibility index (Phi) is 4.66. The van der Waals surface area contributed by atoms with E-state index in [2.05, 4.69) is 94.4 Å². The third-order valence-electron chi connectivity index (χ3n) is 5.77. The number of hydrogen-bond acceptors (Lipinski definition) is 2. The molecule has 0 spiro atoms. The molecule has 2 heteroatoms. The highest BCUT2D eigenvalue weighted by Gasteiger charge is 2.17. The minimum atomic E-state index is 0.231. The Balaban J connectivity index is 1.68. The Bertz CT molecular complexity index is 1390. The molecule has 0 aliphatic heterocycles. The fraction of sp³-hybridized carbons (Fsp3) is 0.207. The summed E-state index contributed by atoms with van der Waals surface area (Å²) >= 11 is 0. The van der Waals surface area contributed by atoms with E-state index in [0.29, 0.717) is 0 Å². The molecule has 3 aromatic carbocycles. The summed E-state index contributed by atoms with van der Waals surface area (Å²) in [5, 5.41) is 2.33. The maximum Gasteiger partial charge on any atom is 0.145 e. The summed E-state index contributed by atoms with van der Waals surface area (Å²) in [6.07, 6.45) is 2.93. The lowest BCUT2D eigenvalue weighted by Crippen LogP contribution is -2.09. The summed E-state index contributed by atoms with van der Waals surface area (Å²) in [6, 6.07) is 25.6. The Hall–Kier alpha value is -3.39. The van der Waals surface area contributed by atoms with Crippen molar-refractivity contribution in [3.8, 4) is 22.4 Å². The van der Waals surface area contributed by atoms with Gasteiger partial charge in [-0.05, 0) is 71.3 Å². The van der Waals surface area contributed by atoms with Crippen molar-refractivity contribution in [1.82, 2.24) is 4.98 Å². The molecular weight excluding hydrogens is 378 g/mol. The fourth-order valence-electron chi connectivity index (χ4n) is 4.40. The monoisotopic (exact) mass is 405 g/mol. The summed E-state index contributed by atoms with van der Waals surface area (Å²) in [5.74, 6) is 0. The molecule has 2 aromatic heterocycles. The Morgan fingerprint density at radius 3 is 2.42 bits per heavy atom. The Morgan fingerprint density at radius 2 is 1.65 bits per heavy atom. The van der Waals surface area contributed by atoms with Crippen LogP contribution in [0.3, 0.4) is 0 Å². The molecule has 0 N–H and O–H groups in total. The molecule has 0 aliphatic rings. The van der Waals surface area contributed by atoms with E-state index < -0.39 is 0 Å². The molecule has 0 saturated heterocycles. The van der Waals surface area contributed by atoms with Gasteiger partial charge in [0, 0.05) is 22.5 Å². The summed E-state index contributed by atoms with van der Waals surface area (Å²) in [5.41, 5.74) is 8.95. The molecule has 0 amide bonds. The lowest BCUT2D eigenvalue weighted by Gasteiger charge is -2.18. The van der Waals surface area contributed by atoms with Gasteiger partial charge in [-0.2, -0.15) is 0 Å². The van der Waals surface area contributed by atoms with Crippen LogP contribution in [0.25, 0.3) is 44.3 Å². The number of benzene rings is 3. The van der Waals surface area contributed by atoms with Crippen LogP contribution in [-0.4, -0.2) is 4.98 Å². The minimum absolute atomic E-state index is 0.231. The maximum atomic E-state index is 6.48. The van der Waals surface area contributed by atoms with E-state index in [-0.39, 0.29) is 5.41 Å². The lowest BCUT2D eigenvalue weighted by atomic mass is 9.88. The molecule has 5 aromatic rings. The predicted octanol–water partition coefficient (Wildman–Crippen LogP) is 8.21. The SMILES string of the molecule is Cc1ccc(-c2cc(CC(C)(C)C)ccn2)c2oc3cc(-c4ccccc4)ccc3c12. The molecule has 0 atom stereocenters. The summed E-state index contributed by atoms with van der Waals surface area (Å²) in [7, 11) is 0. The molecular formula is C29H27NO. The van der Waals surface area contributed by atoms with E-state index in [0.717, 1.165) is 39.8 Å². The zero-order valence-electron chi connectivity index (χ0n) is 18.6. The number of aromatic nitrogens is 1. The second kappa shape index (κ2) is 7.39. The van der Waals surface area contributed by atoms with Crippen molar-refractivity contribution in [3.63, 3.8) is 0 Å². The molecule has 0 unspecified atom stereocenters. The van der Waals surface area contributed by atoms with Gasteiger partial charge < -0.3 is 4.42 Å². The predicted molar refractivity (Wildman–Crippen MR) is 130 cm³/mol. The molecule has 31 heavy (non-hydrogen) atoms. The van der Waals surface area contributed by atoms with E-state index in [9.17, 15) is 0 Å². The second-order valence-electron chi connectivity index (χ2n) is 9.60. The average Bonchev–Trinajstić information content (AvgIpc) is 3.13. The molecule has 0 bridgehead atoms. The van der Waals surface area contributed by atoms with Crippen LogP contribution in [0.15, 0.2) is 83.4 Å². The smallest absolute Gasteiger partial charge is 0.145 e. The molecule has 0 aliphatic carbocycles. The Labute approximate surface area is 183 Å². The standard InChI is InChI=1S/C29H27NO/c1-19-10-12-23(25-16-20(14-15-30-25)18-29(2,3)4)28-27(19)24-13-11-22(17-26(24)31-28)21-8-6-5-7-9-21/h5-17H,18H2,1-4H3. The van der Waals surface area contributed by atoms with Crippen molar-refractivity contribution < 1.29 is 4.42 Å². The molecule has 154 valence electrons. The van der Waals surface area contributed by atoms with Crippen molar-refractivity contribution in [3.05, 3.63) is 90.1 Å². The van der Waals surface area contributed by atoms with Gasteiger partial charge in [-0.3, -0.25) is 4.98 Å². The van der Waals surface area contributed by atoms with Gasteiger partial charge in [0.25, 0.3) is 0 Å². The van der Waals surface area contributed by atoms with Crippen LogP contribution in [0.5, 0.6) is 0 Å². The maximum absolute atomic E-state index is 6.48.